The van der Waals surface area contributed by atoms with Gasteiger partial charge in [0.25, 0.3) is 0 Å². The summed E-state index contributed by atoms with van der Waals surface area (Å²) in [6.07, 6.45) is 2.76. The van der Waals surface area contributed by atoms with Gasteiger partial charge in [-0.1, -0.05) is 18.2 Å². The number of nitrogens with two attached hydrogens (primary N) is 1. The minimum absolute atomic E-state index is 0.0312. The number of nitrogens with one attached hydrogen (secondary N) is 2. The molecule has 1 unspecified atom stereocenters. The summed E-state index contributed by atoms with van der Waals surface area (Å²) < 4.78 is 0. The summed E-state index contributed by atoms with van der Waals surface area (Å²) in [5.74, 6) is -0.435. The zero-order chi connectivity index (χ0) is 13.7. The molecule has 0 radical (unpaired) electrons. The molecule has 0 spiro atoms. The lowest BCUT2D eigenvalue weighted by atomic mass is 10.1. The minimum atomic E-state index is -0.404. The summed E-state index contributed by atoms with van der Waals surface area (Å²) in [4.78, 5) is 22.9. The number of carbonyl (C=O) groups excluding carboxylic acids is 2. The van der Waals surface area contributed by atoms with Crippen molar-refractivity contribution in [3.05, 3.63) is 29.8 Å². The zero-order valence-electron chi connectivity index (χ0n) is 10.8. The van der Waals surface area contributed by atoms with Crippen LogP contribution in [0.1, 0.15) is 24.8 Å². The number of anilines is 1. The minimum Gasteiger partial charge on any atom is -0.369 e. The number of primary amides is 1. The molecule has 2 rings (SSSR count). The second-order valence-electron chi connectivity index (χ2n) is 4.85. The highest BCUT2D eigenvalue weighted by atomic mass is 16.2. The fourth-order valence-electron chi connectivity index (χ4n) is 2.34. The van der Waals surface area contributed by atoms with Crippen molar-refractivity contribution in [1.29, 1.82) is 0 Å². The van der Waals surface area contributed by atoms with Crippen LogP contribution in [0.2, 0.25) is 0 Å². The number of hydrogen-bond donors (Lipinski definition) is 3. The molecular formula is C14H19N3O2. The van der Waals surface area contributed by atoms with E-state index >= 15 is 0 Å². The van der Waals surface area contributed by atoms with E-state index in [0.29, 0.717) is 12.1 Å². The predicted molar refractivity (Wildman–Crippen MR) is 73.6 cm³/mol. The molecule has 1 fully saturated rings. The summed E-state index contributed by atoms with van der Waals surface area (Å²) in [7, 11) is 0. The molecule has 0 aromatic heterocycles. The van der Waals surface area contributed by atoms with Crippen molar-refractivity contribution in [3.63, 3.8) is 0 Å². The summed E-state index contributed by atoms with van der Waals surface area (Å²) in [5, 5.41) is 6.14. The number of para-hydroxylation sites is 1. The van der Waals surface area contributed by atoms with Crippen LogP contribution in [-0.4, -0.2) is 24.4 Å². The van der Waals surface area contributed by atoms with Crippen LogP contribution in [0, 0.1) is 0 Å². The third-order valence-corrected chi connectivity index (χ3v) is 3.25. The number of rotatable bonds is 5. The molecular weight excluding hydrogens is 242 g/mol. The normalized spacial score (nSPS) is 18.2. The maximum atomic E-state index is 11.9. The summed E-state index contributed by atoms with van der Waals surface area (Å²) in [6.45, 7) is 0.982. The van der Waals surface area contributed by atoms with Crippen molar-refractivity contribution in [2.45, 2.75) is 31.7 Å². The van der Waals surface area contributed by atoms with Gasteiger partial charge in [-0.2, -0.15) is 0 Å². The van der Waals surface area contributed by atoms with Crippen LogP contribution in [0.3, 0.4) is 0 Å². The second kappa shape index (κ2) is 6.33. The van der Waals surface area contributed by atoms with Gasteiger partial charge in [0, 0.05) is 18.2 Å². The van der Waals surface area contributed by atoms with Gasteiger partial charge in [0.05, 0.1) is 6.42 Å². The molecule has 1 aliphatic rings. The van der Waals surface area contributed by atoms with Crippen molar-refractivity contribution in [1.82, 2.24) is 5.32 Å². The fourth-order valence-corrected chi connectivity index (χ4v) is 2.34. The average Bonchev–Trinajstić information content (AvgIpc) is 2.83. The Kier molecular flexibility index (Phi) is 4.52. The maximum Gasteiger partial charge on any atom is 0.225 e. The van der Waals surface area contributed by atoms with Gasteiger partial charge in [0.15, 0.2) is 0 Å². The van der Waals surface area contributed by atoms with Crippen molar-refractivity contribution in [2.75, 3.05) is 11.9 Å². The van der Waals surface area contributed by atoms with E-state index in [-0.39, 0.29) is 18.4 Å². The topological polar surface area (TPSA) is 84.2 Å². The van der Waals surface area contributed by atoms with E-state index < -0.39 is 5.91 Å². The quantitative estimate of drug-likeness (QED) is 0.733. The molecule has 0 saturated carbocycles. The van der Waals surface area contributed by atoms with E-state index in [2.05, 4.69) is 10.6 Å². The van der Waals surface area contributed by atoms with E-state index in [9.17, 15) is 9.59 Å². The van der Waals surface area contributed by atoms with Crippen LogP contribution in [0.15, 0.2) is 24.3 Å². The molecule has 1 atom stereocenters. The second-order valence-corrected chi connectivity index (χ2v) is 4.85. The molecule has 5 heteroatoms. The monoisotopic (exact) mass is 261 g/mol. The van der Waals surface area contributed by atoms with Gasteiger partial charge in [-0.05, 0) is 31.0 Å². The third-order valence-electron chi connectivity index (χ3n) is 3.25. The van der Waals surface area contributed by atoms with Crippen LogP contribution in [0.5, 0.6) is 0 Å². The number of benzene rings is 1. The smallest absolute Gasteiger partial charge is 0.225 e. The lowest BCUT2D eigenvalue weighted by Gasteiger charge is -2.12. The average molecular weight is 261 g/mol. The molecule has 1 aromatic rings. The summed E-state index contributed by atoms with van der Waals surface area (Å²) >= 11 is 0. The molecule has 1 aromatic carbocycles. The van der Waals surface area contributed by atoms with Gasteiger partial charge in [-0.15, -0.1) is 0 Å². The lowest BCUT2D eigenvalue weighted by Crippen LogP contribution is -2.27. The van der Waals surface area contributed by atoms with E-state index in [1.54, 1.807) is 12.1 Å². The lowest BCUT2D eigenvalue weighted by molar-refractivity contribution is -0.118. The highest BCUT2D eigenvalue weighted by Gasteiger charge is 2.18. The Morgan fingerprint density at radius 3 is 2.84 bits per heavy atom. The Hall–Kier alpha value is -1.88. The Labute approximate surface area is 112 Å². The maximum absolute atomic E-state index is 11.9. The molecule has 5 nitrogen and oxygen atoms in total. The van der Waals surface area contributed by atoms with Crippen molar-refractivity contribution in [2.24, 2.45) is 5.73 Å². The SMILES string of the molecule is NC(=O)Cc1ccccc1NC(=O)CC1CCCN1. The molecule has 1 saturated heterocycles. The Morgan fingerprint density at radius 1 is 1.37 bits per heavy atom. The van der Waals surface area contributed by atoms with E-state index in [1.807, 2.05) is 12.1 Å². The molecule has 1 aliphatic heterocycles. The van der Waals surface area contributed by atoms with Gasteiger partial charge in [-0.25, -0.2) is 0 Å². The first kappa shape index (κ1) is 13.5. The molecule has 19 heavy (non-hydrogen) atoms. The fraction of sp³-hybridized carbons (Fsp3) is 0.429. The molecule has 0 bridgehead atoms. The predicted octanol–water partition coefficient (Wildman–Crippen LogP) is 0.795. The van der Waals surface area contributed by atoms with Gasteiger partial charge < -0.3 is 16.4 Å². The first-order valence-electron chi connectivity index (χ1n) is 6.54. The Bertz CT molecular complexity index is 468. The van der Waals surface area contributed by atoms with Crippen molar-refractivity contribution < 1.29 is 9.59 Å². The standard InChI is InChI=1S/C14H19N3O2/c15-13(18)8-10-4-1-2-6-12(10)17-14(19)9-11-5-3-7-16-11/h1-2,4,6,11,16H,3,5,7-9H2,(H2,15,18)(H,17,19). The van der Waals surface area contributed by atoms with Gasteiger partial charge in [0.2, 0.25) is 11.8 Å². The van der Waals surface area contributed by atoms with E-state index in [1.165, 1.54) is 0 Å². The molecule has 2 amide bonds. The third kappa shape index (κ3) is 4.06. The van der Waals surface area contributed by atoms with E-state index in [0.717, 1.165) is 24.9 Å². The first-order chi connectivity index (χ1) is 9.15. The van der Waals surface area contributed by atoms with Crippen molar-refractivity contribution in [3.8, 4) is 0 Å². The van der Waals surface area contributed by atoms with Crippen LogP contribution in [0.25, 0.3) is 0 Å². The van der Waals surface area contributed by atoms with Crippen molar-refractivity contribution >= 4 is 17.5 Å². The number of carbonyl (C=O) groups is 2. The molecule has 1 heterocycles. The molecule has 102 valence electrons. The van der Waals surface area contributed by atoms with Gasteiger partial charge in [0.1, 0.15) is 0 Å². The summed E-state index contributed by atoms with van der Waals surface area (Å²) in [6, 6.07) is 7.51. The Morgan fingerprint density at radius 2 is 2.16 bits per heavy atom. The number of hydrogen-bond acceptors (Lipinski definition) is 3. The zero-order valence-corrected chi connectivity index (χ0v) is 10.8. The molecule has 4 N–H and O–H groups in total. The first-order valence-corrected chi connectivity index (χ1v) is 6.54. The van der Waals surface area contributed by atoms with Crippen LogP contribution < -0.4 is 16.4 Å². The van der Waals surface area contributed by atoms with Crippen LogP contribution in [-0.2, 0) is 16.0 Å². The van der Waals surface area contributed by atoms with Gasteiger partial charge in [-0.3, -0.25) is 9.59 Å². The van der Waals surface area contributed by atoms with Crippen LogP contribution in [0.4, 0.5) is 5.69 Å². The highest BCUT2D eigenvalue weighted by molar-refractivity contribution is 5.92. The van der Waals surface area contributed by atoms with Crippen LogP contribution >= 0.6 is 0 Å². The highest BCUT2D eigenvalue weighted by Crippen LogP contribution is 2.17. The summed E-state index contributed by atoms with van der Waals surface area (Å²) in [5.41, 5.74) is 6.62. The number of amides is 2. The van der Waals surface area contributed by atoms with Gasteiger partial charge >= 0.3 is 0 Å². The van der Waals surface area contributed by atoms with E-state index in [4.69, 9.17) is 5.73 Å². The molecule has 0 aliphatic carbocycles. The Balaban J connectivity index is 1.97. The largest absolute Gasteiger partial charge is 0.369 e.